The maximum atomic E-state index is 13.1. The van der Waals surface area contributed by atoms with Crippen LogP contribution in [0.25, 0.3) is 0 Å². The van der Waals surface area contributed by atoms with Gasteiger partial charge in [-0.3, -0.25) is 9.79 Å². The quantitative estimate of drug-likeness (QED) is 0.464. The molecule has 8 heteroatoms. The second-order valence-corrected chi connectivity index (χ2v) is 7.59. The van der Waals surface area contributed by atoms with Gasteiger partial charge in [0.25, 0.3) is 0 Å². The van der Waals surface area contributed by atoms with Gasteiger partial charge in [0.2, 0.25) is 5.91 Å². The largest absolute Gasteiger partial charge is 0.506 e. The number of rotatable bonds is 7. The summed E-state index contributed by atoms with van der Waals surface area (Å²) in [7, 11) is 0. The number of carbonyl (C=O) groups excluding carboxylic acids is 1. The summed E-state index contributed by atoms with van der Waals surface area (Å²) >= 11 is 0. The molecule has 4 N–H and O–H groups in total. The molecule has 1 heterocycles. The molecular formula is C23H30FN5O2. The highest BCUT2D eigenvalue weighted by Crippen LogP contribution is 2.27. The molecule has 0 radical (unpaired) electrons. The molecule has 166 valence electrons. The molecule has 7 nitrogen and oxygen atoms in total. The first-order chi connectivity index (χ1) is 15.0. The number of hydrogen-bond donors (Lipinski definition) is 3. The summed E-state index contributed by atoms with van der Waals surface area (Å²) in [5.41, 5.74) is 7.28. The number of para-hydroxylation sites is 2. The van der Waals surface area contributed by atoms with Crippen LogP contribution in [0.2, 0.25) is 0 Å². The molecule has 1 unspecified atom stereocenters. The van der Waals surface area contributed by atoms with Crippen molar-refractivity contribution in [2.75, 3.05) is 44.2 Å². The van der Waals surface area contributed by atoms with Gasteiger partial charge in [-0.1, -0.05) is 24.3 Å². The third-order valence-electron chi connectivity index (χ3n) is 5.40. The fraction of sp³-hybridized carbons (Fsp3) is 0.391. The molecule has 0 saturated carbocycles. The van der Waals surface area contributed by atoms with Crippen LogP contribution in [0.4, 0.5) is 10.1 Å². The van der Waals surface area contributed by atoms with Gasteiger partial charge in [0, 0.05) is 32.7 Å². The summed E-state index contributed by atoms with van der Waals surface area (Å²) in [5.74, 6) is -0.184. The van der Waals surface area contributed by atoms with E-state index in [0.29, 0.717) is 13.0 Å². The number of guanidine groups is 1. The maximum Gasteiger partial charge on any atom is 0.222 e. The Morgan fingerprint density at radius 1 is 1.16 bits per heavy atom. The van der Waals surface area contributed by atoms with Crippen molar-refractivity contribution >= 4 is 17.6 Å². The van der Waals surface area contributed by atoms with Gasteiger partial charge in [0.05, 0.1) is 18.2 Å². The zero-order chi connectivity index (χ0) is 22.2. The Kier molecular flexibility index (Phi) is 7.70. The number of carbonyl (C=O) groups is 1. The molecule has 1 atom stereocenters. The minimum Gasteiger partial charge on any atom is -0.506 e. The van der Waals surface area contributed by atoms with Gasteiger partial charge >= 0.3 is 0 Å². The van der Waals surface area contributed by atoms with Crippen molar-refractivity contribution in [2.45, 2.75) is 13.3 Å². The monoisotopic (exact) mass is 427 g/mol. The van der Waals surface area contributed by atoms with Crippen LogP contribution in [0, 0.1) is 11.7 Å². The van der Waals surface area contributed by atoms with E-state index in [1.165, 1.54) is 12.1 Å². The van der Waals surface area contributed by atoms with E-state index in [0.717, 1.165) is 43.4 Å². The van der Waals surface area contributed by atoms with Gasteiger partial charge in [-0.05, 0) is 43.2 Å². The van der Waals surface area contributed by atoms with E-state index < -0.39 is 11.8 Å². The third-order valence-corrected chi connectivity index (χ3v) is 5.40. The summed E-state index contributed by atoms with van der Waals surface area (Å²) < 4.78 is 13.1. The molecule has 2 aromatic rings. The average Bonchev–Trinajstić information content (AvgIpc) is 2.77. The van der Waals surface area contributed by atoms with Crippen LogP contribution in [-0.4, -0.2) is 61.1 Å². The normalized spacial score (nSPS) is 15.6. The van der Waals surface area contributed by atoms with Crippen molar-refractivity contribution in [3.8, 4) is 5.75 Å². The highest BCUT2D eigenvalue weighted by molar-refractivity contribution is 5.81. The molecule has 1 amide bonds. The van der Waals surface area contributed by atoms with E-state index in [4.69, 9.17) is 5.73 Å². The van der Waals surface area contributed by atoms with Gasteiger partial charge in [0.1, 0.15) is 11.6 Å². The maximum absolute atomic E-state index is 13.1. The van der Waals surface area contributed by atoms with Crippen LogP contribution in [0.5, 0.6) is 5.75 Å². The number of anilines is 1. The summed E-state index contributed by atoms with van der Waals surface area (Å²) in [6.07, 6.45) is 0.416. The fourth-order valence-electron chi connectivity index (χ4n) is 3.67. The number of nitrogens with zero attached hydrogens (tertiary/aromatic N) is 3. The number of nitrogens with two attached hydrogens (primary N) is 1. The first-order valence-electron chi connectivity index (χ1n) is 10.6. The van der Waals surface area contributed by atoms with E-state index in [9.17, 15) is 14.3 Å². The predicted octanol–water partition coefficient (Wildman–Crippen LogP) is 1.96. The minimum atomic E-state index is -0.471. The van der Waals surface area contributed by atoms with E-state index in [2.05, 4.69) is 20.1 Å². The molecule has 1 aliphatic heterocycles. The van der Waals surface area contributed by atoms with Crippen molar-refractivity contribution < 1.29 is 14.3 Å². The first kappa shape index (κ1) is 22.4. The second kappa shape index (κ2) is 10.7. The Hall–Kier alpha value is -3.29. The molecule has 1 saturated heterocycles. The van der Waals surface area contributed by atoms with Gasteiger partial charge in [0.15, 0.2) is 5.96 Å². The van der Waals surface area contributed by atoms with Gasteiger partial charge in [-0.25, -0.2) is 4.39 Å². The molecule has 1 fully saturated rings. The molecule has 0 spiro atoms. The lowest BCUT2D eigenvalue weighted by Crippen LogP contribution is -2.52. The number of phenols is 1. The number of phenolic OH excluding ortho intramolecular Hbond substituents is 1. The van der Waals surface area contributed by atoms with Crippen LogP contribution in [0.1, 0.15) is 12.5 Å². The Balaban J connectivity index is 1.64. The Morgan fingerprint density at radius 2 is 1.84 bits per heavy atom. The number of primary amides is 1. The number of halogens is 1. The molecule has 0 aliphatic carbocycles. The van der Waals surface area contributed by atoms with Crippen LogP contribution < -0.4 is 16.0 Å². The molecular weight excluding hydrogens is 397 g/mol. The fourth-order valence-corrected chi connectivity index (χ4v) is 3.67. The lowest BCUT2D eigenvalue weighted by atomic mass is 9.99. The van der Waals surface area contributed by atoms with Gasteiger partial charge in [-0.2, -0.15) is 0 Å². The lowest BCUT2D eigenvalue weighted by molar-refractivity contribution is -0.121. The number of piperazine rings is 1. The summed E-state index contributed by atoms with van der Waals surface area (Å²) in [5, 5.41) is 13.4. The first-order valence-corrected chi connectivity index (χ1v) is 10.6. The molecule has 0 bridgehead atoms. The van der Waals surface area contributed by atoms with E-state index >= 15 is 0 Å². The predicted molar refractivity (Wildman–Crippen MR) is 121 cm³/mol. The topological polar surface area (TPSA) is 94.2 Å². The van der Waals surface area contributed by atoms with E-state index in [1.807, 2.05) is 25.1 Å². The van der Waals surface area contributed by atoms with Gasteiger partial charge < -0.3 is 26.0 Å². The molecule has 3 rings (SSSR count). The number of aromatic hydroxyl groups is 1. The molecule has 2 aromatic carbocycles. The van der Waals surface area contributed by atoms with Gasteiger partial charge in [-0.15, -0.1) is 0 Å². The molecule has 31 heavy (non-hydrogen) atoms. The highest BCUT2D eigenvalue weighted by atomic mass is 19.1. The Morgan fingerprint density at radius 3 is 2.45 bits per heavy atom. The molecule has 0 aromatic heterocycles. The molecule has 1 aliphatic rings. The zero-order valence-electron chi connectivity index (χ0n) is 17.8. The van der Waals surface area contributed by atoms with Crippen molar-refractivity contribution in [1.82, 2.24) is 10.2 Å². The van der Waals surface area contributed by atoms with Crippen molar-refractivity contribution in [3.05, 3.63) is 59.9 Å². The summed E-state index contributed by atoms with van der Waals surface area (Å²) in [6, 6.07) is 13.4. The van der Waals surface area contributed by atoms with Crippen LogP contribution in [0.3, 0.4) is 0 Å². The van der Waals surface area contributed by atoms with Crippen LogP contribution in [0.15, 0.2) is 53.5 Å². The average molecular weight is 428 g/mol. The van der Waals surface area contributed by atoms with E-state index in [-0.39, 0.29) is 18.1 Å². The minimum absolute atomic E-state index is 0.259. The standard InChI is InChI=1S/C23H30FN5O2/c1-2-26-23(27-16-18(22(25)31)15-17-7-9-19(24)10-8-17)29-13-11-28(12-14-29)20-5-3-4-6-21(20)30/h3-10,18,30H,2,11-16H2,1H3,(H2,25,31)(H,26,27). The van der Waals surface area contributed by atoms with Crippen molar-refractivity contribution in [2.24, 2.45) is 16.6 Å². The lowest BCUT2D eigenvalue weighted by Gasteiger charge is -2.38. The number of nitrogens with one attached hydrogen (secondary N) is 1. The SMILES string of the molecule is CCNC(=NCC(Cc1ccc(F)cc1)C(N)=O)N1CCN(c2ccccc2O)CC1. The van der Waals surface area contributed by atoms with Crippen molar-refractivity contribution in [1.29, 1.82) is 0 Å². The summed E-state index contributed by atoms with van der Waals surface area (Å²) in [4.78, 5) is 20.9. The smallest absolute Gasteiger partial charge is 0.222 e. The number of benzene rings is 2. The number of amides is 1. The summed E-state index contributed by atoms with van der Waals surface area (Å²) in [6.45, 7) is 5.93. The second-order valence-electron chi connectivity index (χ2n) is 7.59. The number of aliphatic imine (C=N–C) groups is 1. The van der Waals surface area contributed by atoms with Crippen LogP contribution in [-0.2, 0) is 11.2 Å². The van der Waals surface area contributed by atoms with Crippen LogP contribution >= 0.6 is 0 Å². The number of hydrogen-bond acceptors (Lipinski definition) is 4. The Labute approximate surface area is 182 Å². The Bertz CT molecular complexity index is 895. The zero-order valence-corrected chi connectivity index (χ0v) is 17.8. The van der Waals surface area contributed by atoms with E-state index in [1.54, 1.807) is 18.2 Å². The third kappa shape index (κ3) is 6.10. The highest BCUT2D eigenvalue weighted by Gasteiger charge is 2.22. The van der Waals surface area contributed by atoms with Crippen molar-refractivity contribution in [3.63, 3.8) is 0 Å².